The summed E-state index contributed by atoms with van der Waals surface area (Å²) < 4.78 is 11.8. The van der Waals surface area contributed by atoms with Gasteiger partial charge in [-0.25, -0.2) is 4.98 Å². The molecule has 1 aliphatic carbocycles. The molecule has 4 aromatic rings. The number of aliphatic carboxylic acids is 1. The average molecular weight is 476 g/mol. The minimum Gasteiger partial charge on any atom is -0.546 e. The molecule has 1 unspecified atom stereocenters. The van der Waals surface area contributed by atoms with Crippen molar-refractivity contribution in [3.63, 3.8) is 0 Å². The number of benzene rings is 3. The van der Waals surface area contributed by atoms with Gasteiger partial charge in [0, 0.05) is 17.5 Å². The number of carbonyl (C=O) groups is 1. The molecule has 0 amide bonds. The first kappa shape index (κ1) is 25.2. The van der Waals surface area contributed by atoms with Crippen LogP contribution in [0.4, 0.5) is 0 Å². The number of ether oxygens (including phenoxy) is 1. The Labute approximate surface area is 227 Å². The summed E-state index contributed by atoms with van der Waals surface area (Å²) in [4.78, 5) is 15.7. The van der Waals surface area contributed by atoms with E-state index in [0.29, 0.717) is 11.7 Å². The molecule has 1 heterocycles. The van der Waals surface area contributed by atoms with Crippen LogP contribution in [0.15, 0.2) is 83.3 Å². The fraction of sp³-hybridized carbons (Fsp3) is 0.241. The zero-order valence-corrected chi connectivity index (χ0v) is 21.9. The van der Waals surface area contributed by atoms with E-state index in [9.17, 15) is 9.90 Å². The maximum atomic E-state index is 10.8. The maximum absolute atomic E-state index is 10.8. The molecule has 172 valence electrons. The Bertz CT molecular complexity index is 1210. The van der Waals surface area contributed by atoms with Crippen molar-refractivity contribution in [1.82, 2.24) is 4.98 Å². The van der Waals surface area contributed by atoms with Gasteiger partial charge in [0.1, 0.15) is 18.1 Å². The Hall–Kier alpha value is -2.86. The zero-order chi connectivity index (χ0) is 23.3. The second-order valence-corrected chi connectivity index (χ2v) is 8.63. The Kier molecular flexibility index (Phi) is 8.45. The van der Waals surface area contributed by atoms with E-state index >= 15 is 0 Å². The molecule has 0 radical (unpaired) electrons. The number of nitrogens with zero attached hydrogens (tertiary/aromatic N) is 1. The number of hydrogen-bond donors (Lipinski definition) is 0. The van der Waals surface area contributed by atoms with Gasteiger partial charge in [-0.1, -0.05) is 72.8 Å². The summed E-state index contributed by atoms with van der Waals surface area (Å²) in [5.41, 5.74) is 5.26. The Morgan fingerprint density at radius 3 is 2.40 bits per heavy atom. The van der Waals surface area contributed by atoms with Crippen molar-refractivity contribution in [2.24, 2.45) is 0 Å². The maximum Gasteiger partial charge on any atom is 1.00 e. The van der Waals surface area contributed by atoms with Gasteiger partial charge in [-0.3, -0.25) is 0 Å². The second kappa shape index (κ2) is 11.7. The van der Waals surface area contributed by atoms with Crippen molar-refractivity contribution in [1.29, 1.82) is 0 Å². The van der Waals surface area contributed by atoms with Gasteiger partial charge >= 0.3 is 29.6 Å². The van der Waals surface area contributed by atoms with Gasteiger partial charge in [0.05, 0.1) is 5.97 Å². The Morgan fingerprint density at radius 1 is 0.971 bits per heavy atom. The fourth-order valence-electron chi connectivity index (χ4n) is 4.83. The molecule has 0 spiro atoms. The number of fused-ring (bicyclic) bond motifs is 1. The number of carboxylic acids is 1. The molecule has 5 nitrogen and oxygen atoms in total. The predicted octanol–water partition coefficient (Wildman–Crippen LogP) is 2.19. The van der Waals surface area contributed by atoms with Crippen LogP contribution in [-0.4, -0.2) is 17.6 Å². The third kappa shape index (κ3) is 5.87. The first-order valence-electron chi connectivity index (χ1n) is 11.7. The number of carboxylic acid groups (broad SMARTS) is 1. The van der Waals surface area contributed by atoms with Crippen LogP contribution in [0.2, 0.25) is 0 Å². The molecule has 1 aromatic heterocycles. The summed E-state index contributed by atoms with van der Waals surface area (Å²) in [5.74, 6) is 1.32. The predicted molar refractivity (Wildman–Crippen MR) is 128 cm³/mol. The molecule has 0 N–H and O–H groups in total. The van der Waals surface area contributed by atoms with Gasteiger partial charge in [0.2, 0.25) is 0 Å². The summed E-state index contributed by atoms with van der Waals surface area (Å²) in [7, 11) is 0. The van der Waals surface area contributed by atoms with Gasteiger partial charge in [-0.05, 0) is 48.8 Å². The topological polar surface area (TPSA) is 75.4 Å². The first-order chi connectivity index (χ1) is 16.7. The van der Waals surface area contributed by atoms with E-state index in [1.165, 1.54) is 5.56 Å². The van der Waals surface area contributed by atoms with E-state index in [-0.39, 0.29) is 29.6 Å². The van der Waals surface area contributed by atoms with Crippen LogP contribution < -0.4 is 39.4 Å². The van der Waals surface area contributed by atoms with E-state index in [0.717, 1.165) is 66.1 Å². The van der Waals surface area contributed by atoms with E-state index in [1.54, 1.807) is 0 Å². The average Bonchev–Trinajstić information content (AvgIpc) is 3.31. The van der Waals surface area contributed by atoms with E-state index < -0.39 is 12.6 Å². The van der Waals surface area contributed by atoms with Crippen molar-refractivity contribution in [3.05, 3.63) is 95.9 Å². The molecule has 1 atom stereocenters. The minimum atomic E-state index is -1.21. The fourth-order valence-corrected chi connectivity index (χ4v) is 4.83. The monoisotopic (exact) mass is 475 g/mol. The molecule has 0 saturated carbocycles. The van der Waals surface area contributed by atoms with Crippen molar-refractivity contribution in [2.75, 3.05) is 6.61 Å². The van der Waals surface area contributed by atoms with Crippen LogP contribution in [0.1, 0.15) is 42.2 Å². The smallest absolute Gasteiger partial charge is 0.546 e. The number of aromatic nitrogens is 1. The second-order valence-electron chi connectivity index (χ2n) is 8.63. The van der Waals surface area contributed by atoms with Gasteiger partial charge in [-0.15, -0.1) is 0 Å². The SMILES string of the molecule is O=C([O-])COc1cccc2c1CCCC2CCc1nc(-c2ccccc2)c(-c2ccccc2)o1.[Na+]. The molecule has 0 fully saturated rings. The van der Waals surface area contributed by atoms with Crippen LogP contribution in [0.3, 0.4) is 0 Å². The number of oxazole rings is 1. The van der Waals surface area contributed by atoms with E-state index in [1.807, 2.05) is 60.7 Å². The third-order valence-electron chi connectivity index (χ3n) is 6.40. The van der Waals surface area contributed by atoms with Crippen LogP contribution in [0, 0.1) is 0 Å². The van der Waals surface area contributed by atoms with Crippen LogP contribution in [0.25, 0.3) is 22.6 Å². The molecule has 5 rings (SSSR count). The number of aryl methyl sites for hydroxylation is 1. The molecule has 0 aliphatic heterocycles. The van der Waals surface area contributed by atoms with Gasteiger partial charge in [-0.2, -0.15) is 0 Å². The molecule has 0 bridgehead atoms. The number of carbonyl (C=O) groups excluding carboxylic acids is 1. The minimum absolute atomic E-state index is 0. The quantitative estimate of drug-likeness (QED) is 0.365. The van der Waals surface area contributed by atoms with Crippen LogP contribution in [0.5, 0.6) is 5.75 Å². The largest absolute Gasteiger partial charge is 1.00 e. The van der Waals surface area contributed by atoms with Crippen LogP contribution >= 0.6 is 0 Å². The summed E-state index contributed by atoms with van der Waals surface area (Å²) in [6, 6.07) is 26.1. The summed E-state index contributed by atoms with van der Waals surface area (Å²) in [6.45, 7) is -0.429. The summed E-state index contributed by atoms with van der Waals surface area (Å²) in [6.07, 6.45) is 4.64. The van der Waals surface area contributed by atoms with Crippen molar-refractivity contribution in [3.8, 4) is 28.3 Å². The standard InChI is InChI=1S/C29H27NO4.Na/c31-27(32)19-33-25-16-8-14-23-20(13-7-15-24(23)25)17-18-26-30-28(21-9-3-1-4-10-21)29(34-26)22-11-5-2-6-12-22;/h1-6,8-12,14,16,20H,7,13,15,17-19H2,(H,31,32);/q;+1/p-1. The van der Waals surface area contributed by atoms with Crippen LogP contribution in [-0.2, 0) is 17.6 Å². The zero-order valence-electron chi connectivity index (χ0n) is 19.9. The Morgan fingerprint density at radius 2 is 1.69 bits per heavy atom. The van der Waals surface area contributed by atoms with E-state index in [4.69, 9.17) is 14.1 Å². The van der Waals surface area contributed by atoms with Gasteiger partial charge in [0.25, 0.3) is 0 Å². The third-order valence-corrected chi connectivity index (χ3v) is 6.40. The molecule has 35 heavy (non-hydrogen) atoms. The summed E-state index contributed by atoms with van der Waals surface area (Å²) >= 11 is 0. The van der Waals surface area contributed by atoms with Gasteiger partial charge in [0.15, 0.2) is 11.7 Å². The molecule has 0 saturated heterocycles. The summed E-state index contributed by atoms with van der Waals surface area (Å²) in [5, 5.41) is 10.8. The molecular weight excluding hydrogens is 449 g/mol. The van der Waals surface area contributed by atoms with E-state index in [2.05, 4.69) is 18.2 Å². The molecular formula is C29H26NNaO4. The van der Waals surface area contributed by atoms with Crippen molar-refractivity contribution >= 4 is 5.97 Å². The van der Waals surface area contributed by atoms with Gasteiger partial charge < -0.3 is 19.1 Å². The molecule has 3 aromatic carbocycles. The first-order valence-corrected chi connectivity index (χ1v) is 11.7. The van der Waals surface area contributed by atoms with Crippen molar-refractivity contribution in [2.45, 2.75) is 38.0 Å². The number of hydrogen-bond acceptors (Lipinski definition) is 5. The Balaban J connectivity index is 0.00000289. The molecule has 1 aliphatic rings. The van der Waals surface area contributed by atoms with Crippen molar-refractivity contribution < 1.29 is 48.6 Å². The molecule has 6 heteroatoms. The number of rotatable bonds is 8. The normalized spacial score (nSPS) is 14.6.